The lowest BCUT2D eigenvalue weighted by atomic mass is 10.2. The highest BCUT2D eigenvalue weighted by Crippen LogP contribution is 2.26. The average molecular weight is 257 g/mol. The van der Waals surface area contributed by atoms with Crippen molar-refractivity contribution in [2.24, 2.45) is 0 Å². The van der Waals surface area contributed by atoms with Crippen molar-refractivity contribution in [3.63, 3.8) is 0 Å². The lowest BCUT2D eigenvalue weighted by Gasteiger charge is -2.08. The SMILES string of the molecule is CCOc1ccc(Oc2ccc(C#N)cc2F)cc1. The van der Waals surface area contributed by atoms with Crippen LogP contribution in [-0.4, -0.2) is 6.61 Å². The van der Waals surface area contributed by atoms with Crippen LogP contribution in [0.5, 0.6) is 17.2 Å². The fraction of sp³-hybridized carbons (Fsp3) is 0.133. The van der Waals surface area contributed by atoms with Crippen LogP contribution < -0.4 is 9.47 Å². The van der Waals surface area contributed by atoms with Gasteiger partial charge in [0.05, 0.1) is 18.2 Å². The maximum absolute atomic E-state index is 13.6. The molecule has 0 bridgehead atoms. The molecule has 0 aliphatic carbocycles. The Balaban J connectivity index is 2.15. The first-order valence-corrected chi connectivity index (χ1v) is 5.83. The van der Waals surface area contributed by atoms with Crippen LogP contribution in [0.3, 0.4) is 0 Å². The molecule has 0 aromatic heterocycles. The Kier molecular flexibility index (Phi) is 3.99. The van der Waals surface area contributed by atoms with Crippen molar-refractivity contribution in [1.29, 1.82) is 5.26 Å². The van der Waals surface area contributed by atoms with Gasteiger partial charge in [0, 0.05) is 0 Å². The Labute approximate surface area is 110 Å². The molecule has 2 rings (SSSR count). The molecule has 3 nitrogen and oxygen atoms in total. The molecule has 0 heterocycles. The third-order valence-electron chi connectivity index (χ3n) is 2.42. The van der Waals surface area contributed by atoms with E-state index < -0.39 is 5.82 Å². The zero-order valence-electron chi connectivity index (χ0n) is 10.4. The Hall–Kier alpha value is -2.54. The number of ether oxygens (including phenoxy) is 2. The van der Waals surface area contributed by atoms with Crippen molar-refractivity contribution in [3.05, 3.63) is 53.8 Å². The topological polar surface area (TPSA) is 42.2 Å². The average Bonchev–Trinajstić information content (AvgIpc) is 2.43. The van der Waals surface area contributed by atoms with Gasteiger partial charge in [0.2, 0.25) is 0 Å². The van der Waals surface area contributed by atoms with Crippen LogP contribution in [0, 0.1) is 17.1 Å². The number of hydrogen-bond donors (Lipinski definition) is 0. The van der Waals surface area contributed by atoms with Gasteiger partial charge in [-0.05, 0) is 49.4 Å². The molecule has 0 spiro atoms. The highest BCUT2D eigenvalue weighted by molar-refractivity contribution is 5.39. The second-order valence-electron chi connectivity index (χ2n) is 3.76. The number of nitrogens with zero attached hydrogens (tertiary/aromatic N) is 1. The van der Waals surface area contributed by atoms with Crippen LogP contribution in [0.4, 0.5) is 4.39 Å². The highest BCUT2D eigenvalue weighted by Gasteiger charge is 2.06. The summed E-state index contributed by atoms with van der Waals surface area (Å²) < 4.78 is 24.3. The number of rotatable bonds is 4. The molecule has 96 valence electrons. The van der Waals surface area contributed by atoms with Gasteiger partial charge in [0.1, 0.15) is 11.5 Å². The molecule has 0 unspecified atom stereocenters. The molecule has 0 saturated heterocycles. The van der Waals surface area contributed by atoms with Crippen molar-refractivity contribution in [2.45, 2.75) is 6.92 Å². The molecule has 0 amide bonds. The summed E-state index contributed by atoms with van der Waals surface area (Å²) in [6.45, 7) is 2.49. The summed E-state index contributed by atoms with van der Waals surface area (Å²) in [5.41, 5.74) is 0.261. The highest BCUT2D eigenvalue weighted by atomic mass is 19.1. The van der Waals surface area contributed by atoms with Crippen molar-refractivity contribution < 1.29 is 13.9 Å². The van der Waals surface area contributed by atoms with Gasteiger partial charge in [-0.2, -0.15) is 5.26 Å². The molecular weight excluding hydrogens is 245 g/mol. The molecule has 0 saturated carbocycles. The Morgan fingerprint density at radius 3 is 2.37 bits per heavy atom. The van der Waals surface area contributed by atoms with Crippen molar-refractivity contribution in [2.75, 3.05) is 6.61 Å². The summed E-state index contributed by atoms with van der Waals surface area (Å²) >= 11 is 0. The van der Waals surface area contributed by atoms with Gasteiger partial charge in [-0.1, -0.05) is 0 Å². The van der Waals surface area contributed by atoms with Gasteiger partial charge in [-0.15, -0.1) is 0 Å². The molecular formula is C15H12FNO2. The van der Waals surface area contributed by atoms with E-state index in [0.29, 0.717) is 12.4 Å². The first-order valence-electron chi connectivity index (χ1n) is 5.83. The van der Waals surface area contributed by atoms with E-state index in [4.69, 9.17) is 14.7 Å². The van der Waals surface area contributed by atoms with Gasteiger partial charge < -0.3 is 9.47 Å². The van der Waals surface area contributed by atoms with Gasteiger partial charge in [0.25, 0.3) is 0 Å². The smallest absolute Gasteiger partial charge is 0.167 e. The molecule has 0 aliphatic rings. The van der Waals surface area contributed by atoms with Crippen molar-refractivity contribution >= 4 is 0 Å². The van der Waals surface area contributed by atoms with Gasteiger partial charge >= 0.3 is 0 Å². The maximum Gasteiger partial charge on any atom is 0.167 e. The monoisotopic (exact) mass is 257 g/mol. The molecule has 0 radical (unpaired) electrons. The fourth-order valence-electron chi connectivity index (χ4n) is 1.55. The molecule has 19 heavy (non-hydrogen) atoms. The molecule has 0 atom stereocenters. The second kappa shape index (κ2) is 5.87. The molecule has 0 N–H and O–H groups in total. The maximum atomic E-state index is 13.6. The minimum Gasteiger partial charge on any atom is -0.494 e. The largest absolute Gasteiger partial charge is 0.494 e. The molecule has 0 fully saturated rings. The van der Waals surface area contributed by atoms with Gasteiger partial charge in [-0.3, -0.25) is 0 Å². The quantitative estimate of drug-likeness (QED) is 0.834. The first kappa shape index (κ1) is 12.9. The van der Waals surface area contributed by atoms with E-state index in [1.807, 2.05) is 13.0 Å². The van der Waals surface area contributed by atoms with E-state index >= 15 is 0 Å². The van der Waals surface area contributed by atoms with E-state index in [1.54, 1.807) is 24.3 Å². The molecule has 4 heteroatoms. The van der Waals surface area contributed by atoms with Crippen molar-refractivity contribution in [1.82, 2.24) is 0 Å². The minimum absolute atomic E-state index is 0.0863. The van der Waals surface area contributed by atoms with Crippen LogP contribution in [0.25, 0.3) is 0 Å². The van der Waals surface area contributed by atoms with E-state index in [0.717, 1.165) is 11.8 Å². The molecule has 2 aromatic carbocycles. The van der Waals surface area contributed by atoms with E-state index in [2.05, 4.69) is 0 Å². The predicted octanol–water partition coefficient (Wildman–Crippen LogP) is 3.89. The molecule has 0 aliphatic heterocycles. The first-order chi connectivity index (χ1) is 9.22. The van der Waals surface area contributed by atoms with Gasteiger partial charge in [-0.25, -0.2) is 4.39 Å². The number of hydrogen-bond acceptors (Lipinski definition) is 3. The number of benzene rings is 2. The molecule has 2 aromatic rings. The zero-order valence-corrected chi connectivity index (χ0v) is 10.4. The van der Waals surface area contributed by atoms with Crippen LogP contribution in [-0.2, 0) is 0 Å². The summed E-state index contributed by atoms with van der Waals surface area (Å²) in [5, 5.41) is 8.65. The minimum atomic E-state index is -0.562. The predicted molar refractivity (Wildman–Crippen MR) is 68.8 cm³/mol. The summed E-state index contributed by atoms with van der Waals surface area (Å²) in [4.78, 5) is 0. The van der Waals surface area contributed by atoms with Crippen molar-refractivity contribution in [3.8, 4) is 23.3 Å². The fourth-order valence-corrected chi connectivity index (χ4v) is 1.55. The lowest BCUT2D eigenvalue weighted by molar-refractivity contribution is 0.339. The lowest BCUT2D eigenvalue weighted by Crippen LogP contribution is -1.92. The van der Waals surface area contributed by atoms with E-state index in [9.17, 15) is 4.39 Å². The second-order valence-corrected chi connectivity index (χ2v) is 3.76. The normalized spacial score (nSPS) is 9.74. The summed E-state index contributed by atoms with van der Waals surface area (Å²) in [5.74, 6) is 0.762. The van der Waals surface area contributed by atoms with Gasteiger partial charge in [0.15, 0.2) is 11.6 Å². The Bertz CT molecular complexity index is 603. The summed E-state index contributed by atoms with van der Waals surface area (Å²) in [6, 6.07) is 12.8. The Morgan fingerprint density at radius 1 is 1.11 bits per heavy atom. The zero-order chi connectivity index (χ0) is 13.7. The number of halogens is 1. The third kappa shape index (κ3) is 3.23. The Morgan fingerprint density at radius 2 is 1.79 bits per heavy atom. The van der Waals surface area contributed by atoms with E-state index in [-0.39, 0.29) is 11.3 Å². The van der Waals surface area contributed by atoms with Crippen LogP contribution in [0.1, 0.15) is 12.5 Å². The third-order valence-corrected chi connectivity index (χ3v) is 2.42. The van der Waals surface area contributed by atoms with Crippen LogP contribution in [0.15, 0.2) is 42.5 Å². The number of nitriles is 1. The van der Waals surface area contributed by atoms with Crippen LogP contribution in [0.2, 0.25) is 0 Å². The summed E-state index contributed by atoms with van der Waals surface area (Å²) in [7, 11) is 0. The van der Waals surface area contributed by atoms with E-state index in [1.165, 1.54) is 12.1 Å². The summed E-state index contributed by atoms with van der Waals surface area (Å²) in [6.07, 6.45) is 0. The standard InChI is InChI=1S/C15H12FNO2/c1-2-18-12-4-6-13(7-5-12)19-15-8-3-11(10-17)9-14(15)16/h3-9H,2H2,1H3. The van der Waals surface area contributed by atoms with Crippen LogP contribution >= 0.6 is 0 Å².